The van der Waals surface area contributed by atoms with Gasteiger partial charge in [-0.25, -0.2) is 9.59 Å². The summed E-state index contributed by atoms with van der Waals surface area (Å²) in [4.78, 5) is 24.5. The first kappa shape index (κ1) is 17.9. The molecule has 1 aliphatic carbocycles. The highest BCUT2D eigenvalue weighted by molar-refractivity contribution is 6.02. The van der Waals surface area contributed by atoms with Crippen LogP contribution in [0.4, 0.5) is 15.3 Å². The standard InChI is InChI=1S/C23H18N4O3/c1-30-23(29)27-19-12-6-11-18(17(19)13-24-27)25-22(28)26-21-16-10-5-9-15(20(16)21)14-7-3-2-4-8-14/h2-13,21H,1H3,(H2,25,26,28). The number of rotatable bonds is 3. The lowest BCUT2D eigenvalue weighted by Crippen LogP contribution is -2.27. The van der Waals surface area contributed by atoms with Crippen molar-refractivity contribution in [3.05, 3.63) is 84.1 Å². The molecule has 4 aromatic rings. The van der Waals surface area contributed by atoms with Crippen LogP contribution in [0.3, 0.4) is 0 Å². The maximum Gasteiger partial charge on any atom is 0.434 e. The highest BCUT2D eigenvalue weighted by Gasteiger charge is 2.36. The van der Waals surface area contributed by atoms with Gasteiger partial charge in [0.2, 0.25) is 0 Å². The smallest absolute Gasteiger partial charge is 0.434 e. The van der Waals surface area contributed by atoms with Gasteiger partial charge in [0.05, 0.1) is 30.6 Å². The number of nitrogens with zero attached hydrogens (tertiary/aromatic N) is 2. The van der Waals surface area contributed by atoms with E-state index in [0.29, 0.717) is 16.6 Å². The maximum absolute atomic E-state index is 12.7. The summed E-state index contributed by atoms with van der Waals surface area (Å²) in [7, 11) is 1.29. The number of urea groups is 1. The zero-order valence-corrected chi connectivity index (χ0v) is 16.1. The second-order valence-corrected chi connectivity index (χ2v) is 6.97. The third-order valence-electron chi connectivity index (χ3n) is 5.23. The Balaban J connectivity index is 1.35. The molecule has 0 aliphatic heterocycles. The summed E-state index contributed by atoms with van der Waals surface area (Å²) in [6.45, 7) is 0. The van der Waals surface area contributed by atoms with Gasteiger partial charge in [-0.05, 0) is 34.4 Å². The number of methoxy groups -OCH3 is 1. The van der Waals surface area contributed by atoms with Gasteiger partial charge in [0.25, 0.3) is 0 Å². The van der Waals surface area contributed by atoms with Gasteiger partial charge in [0.1, 0.15) is 0 Å². The topological polar surface area (TPSA) is 85.2 Å². The fraction of sp³-hybridized carbons (Fsp3) is 0.0870. The molecule has 2 N–H and O–H groups in total. The molecule has 0 bridgehead atoms. The number of nitrogens with one attached hydrogen (secondary N) is 2. The zero-order valence-electron chi connectivity index (χ0n) is 16.1. The first-order valence-electron chi connectivity index (χ1n) is 9.48. The summed E-state index contributed by atoms with van der Waals surface area (Å²) in [6, 6.07) is 21.0. The van der Waals surface area contributed by atoms with Gasteiger partial charge < -0.3 is 15.4 Å². The van der Waals surface area contributed by atoms with Crippen molar-refractivity contribution in [2.45, 2.75) is 6.04 Å². The summed E-state index contributed by atoms with van der Waals surface area (Å²) in [5.74, 6) is 0. The van der Waals surface area contributed by atoms with Gasteiger partial charge in [0.15, 0.2) is 0 Å². The number of carbonyl (C=O) groups excluding carboxylic acids is 2. The van der Waals surface area contributed by atoms with Crippen molar-refractivity contribution >= 4 is 28.7 Å². The Kier molecular flexibility index (Phi) is 4.21. The van der Waals surface area contributed by atoms with E-state index in [1.54, 1.807) is 18.2 Å². The van der Waals surface area contributed by atoms with Gasteiger partial charge >= 0.3 is 12.1 Å². The predicted molar refractivity (Wildman–Crippen MR) is 113 cm³/mol. The van der Waals surface area contributed by atoms with Crippen LogP contribution >= 0.6 is 0 Å². The second kappa shape index (κ2) is 7.04. The van der Waals surface area contributed by atoms with Crippen LogP contribution in [0.1, 0.15) is 17.2 Å². The van der Waals surface area contributed by atoms with Gasteiger partial charge in [-0.15, -0.1) is 0 Å². The molecule has 1 aliphatic rings. The van der Waals surface area contributed by atoms with E-state index in [2.05, 4.69) is 33.9 Å². The van der Waals surface area contributed by atoms with Crippen LogP contribution in [0.25, 0.3) is 22.0 Å². The zero-order chi connectivity index (χ0) is 20.7. The van der Waals surface area contributed by atoms with Gasteiger partial charge in [0, 0.05) is 5.39 Å². The first-order chi connectivity index (χ1) is 14.7. The van der Waals surface area contributed by atoms with E-state index < -0.39 is 6.09 Å². The van der Waals surface area contributed by atoms with Crippen LogP contribution in [0, 0.1) is 0 Å². The quantitative estimate of drug-likeness (QED) is 0.530. The average Bonchev–Trinajstić information content (AvgIpc) is 3.28. The van der Waals surface area contributed by atoms with Crippen LogP contribution < -0.4 is 10.6 Å². The van der Waals surface area contributed by atoms with E-state index in [-0.39, 0.29) is 12.1 Å². The molecule has 0 saturated heterocycles. The molecule has 3 aromatic carbocycles. The van der Waals surface area contributed by atoms with Crippen molar-refractivity contribution in [1.82, 2.24) is 15.1 Å². The monoisotopic (exact) mass is 398 g/mol. The molecule has 0 fully saturated rings. The van der Waals surface area contributed by atoms with E-state index in [1.165, 1.54) is 13.3 Å². The molecule has 30 heavy (non-hydrogen) atoms. The molecule has 0 saturated carbocycles. The van der Waals surface area contributed by atoms with Crippen molar-refractivity contribution in [3.63, 3.8) is 0 Å². The van der Waals surface area contributed by atoms with Gasteiger partial charge in [-0.3, -0.25) is 0 Å². The number of hydrogen-bond donors (Lipinski definition) is 2. The van der Waals surface area contributed by atoms with Crippen molar-refractivity contribution in [2.24, 2.45) is 0 Å². The van der Waals surface area contributed by atoms with Crippen LogP contribution in [-0.2, 0) is 4.74 Å². The van der Waals surface area contributed by atoms with Gasteiger partial charge in [-0.1, -0.05) is 54.6 Å². The Morgan fingerprint density at radius 2 is 1.80 bits per heavy atom. The highest BCUT2D eigenvalue weighted by atomic mass is 16.5. The number of ether oxygens (including phenoxy) is 1. The minimum absolute atomic E-state index is 0.118. The summed E-state index contributed by atoms with van der Waals surface area (Å²) in [6.07, 6.45) is 0.940. The molecule has 7 nitrogen and oxygen atoms in total. The molecule has 5 rings (SSSR count). The first-order valence-corrected chi connectivity index (χ1v) is 9.48. The maximum atomic E-state index is 12.7. The van der Waals surface area contributed by atoms with E-state index in [9.17, 15) is 9.59 Å². The SMILES string of the molecule is COC(=O)n1ncc2c(NC(=O)NC3c4cccc(-c5ccccc5)c43)cccc21. The predicted octanol–water partition coefficient (Wildman–Crippen LogP) is 4.54. The van der Waals surface area contributed by atoms with Crippen LogP contribution in [0.15, 0.2) is 72.9 Å². The molecule has 2 amide bonds. The molecule has 1 unspecified atom stereocenters. The lowest BCUT2D eigenvalue weighted by molar-refractivity contribution is 0.170. The second-order valence-electron chi connectivity index (χ2n) is 6.97. The normalized spacial score (nSPS) is 14.1. The van der Waals surface area contributed by atoms with Crippen molar-refractivity contribution in [1.29, 1.82) is 0 Å². The largest absolute Gasteiger partial charge is 0.451 e. The Morgan fingerprint density at radius 3 is 2.60 bits per heavy atom. The number of anilines is 1. The van der Waals surface area contributed by atoms with Crippen LogP contribution in [-0.4, -0.2) is 29.0 Å². The van der Waals surface area contributed by atoms with Crippen LogP contribution in [0.2, 0.25) is 0 Å². The molecule has 7 heteroatoms. The fourth-order valence-corrected chi connectivity index (χ4v) is 3.77. The summed E-state index contributed by atoms with van der Waals surface area (Å²) in [5, 5.41) is 10.6. The fourth-order valence-electron chi connectivity index (χ4n) is 3.77. The molecule has 1 atom stereocenters. The van der Waals surface area contributed by atoms with E-state index in [1.807, 2.05) is 30.3 Å². The molecular weight excluding hydrogens is 380 g/mol. The van der Waals surface area contributed by atoms with E-state index >= 15 is 0 Å². The lowest BCUT2D eigenvalue weighted by atomic mass is 10.1. The summed E-state index contributed by atoms with van der Waals surface area (Å²) < 4.78 is 5.88. The minimum atomic E-state index is -0.589. The van der Waals surface area contributed by atoms with Crippen molar-refractivity contribution < 1.29 is 14.3 Å². The molecule has 1 heterocycles. The number of amides is 2. The van der Waals surface area contributed by atoms with E-state index in [4.69, 9.17) is 4.74 Å². The Bertz CT molecular complexity index is 1280. The average molecular weight is 398 g/mol. The number of hydrogen-bond acceptors (Lipinski definition) is 4. The Morgan fingerprint density at radius 1 is 1.00 bits per heavy atom. The van der Waals surface area contributed by atoms with Crippen molar-refractivity contribution in [2.75, 3.05) is 12.4 Å². The lowest BCUT2D eigenvalue weighted by Gasteiger charge is -2.08. The number of benzene rings is 3. The number of carbonyl (C=O) groups is 2. The molecule has 0 spiro atoms. The number of aromatic nitrogens is 2. The third-order valence-corrected chi connectivity index (χ3v) is 5.23. The van der Waals surface area contributed by atoms with Gasteiger partial charge in [-0.2, -0.15) is 9.78 Å². The molecule has 1 aromatic heterocycles. The molecule has 0 radical (unpaired) electrons. The Hall–Kier alpha value is -4.13. The molecular formula is C23H18N4O3. The number of fused-ring (bicyclic) bond motifs is 2. The van der Waals surface area contributed by atoms with Crippen LogP contribution in [0.5, 0.6) is 0 Å². The minimum Gasteiger partial charge on any atom is -0.451 e. The summed E-state index contributed by atoms with van der Waals surface area (Å²) in [5.41, 5.74) is 5.62. The Labute approximate surface area is 172 Å². The van der Waals surface area contributed by atoms with E-state index in [0.717, 1.165) is 26.9 Å². The van der Waals surface area contributed by atoms with Crippen molar-refractivity contribution in [3.8, 4) is 11.1 Å². The molecule has 148 valence electrons. The highest BCUT2D eigenvalue weighted by Crippen LogP contribution is 2.47. The third kappa shape index (κ3) is 2.97. The summed E-state index contributed by atoms with van der Waals surface area (Å²) >= 11 is 0.